The minimum absolute atomic E-state index is 0.0711. The molecule has 0 saturated heterocycles. The van der Waals surface area contributed by atoms with Gasteiger partial charge in [-0.15, -0.1) is 0 Å². The van der Waals surface area contributed by atoms with Crippen LogP contribution in [0.2, 0.25) is 0 Å². The monoisotopic (exact) mass is 381 g/mol. The second-order valence-corrected chi connectivity index (χ2v) is 7.34. The summed E-state index contributed by atoms with van der Waals surface area (Å²) in [7, 11) is 0. The topological polar surface area (TPSA) is 79.5 Å². The van der Waals surface area contributed by atoms with Crippen molar-refractivity contribution in [2.45, 2.75) is 38.6 Å². The zero-order valence-corrected chi connectivity index (χ0v) is 16.3. The van der Waals surface area contributed by atoms with E-state index in [1.807, 2.05) is 24.3 Å². The van der Waals surface area contributed by atoms with Crippen molar-refractivity contribution in [3.8, 4) is 11.5 Å². The number of hydrogen-bond acceptors (Lipinski definition) is 4. The second kappa shape index (κ2) is 9.37. The fourth-order valence-corrected chi connectivity index (χ4v) is 2.66. The molecule has 0 radical (unpaired) electrons. The fraction of sp³-hybridized carbons (Fsp3) is 0.364. The van der Waals surface area contributed by atoms with Crippen molar-refractivity contribution in [3.63, 3.8) is 0 Å². The summed E-state index contributed by atoms with van der Waals surface area (Å²) in [5, 5.41) is 8.50. The van der Waals surface area contributed by atoms with E-state index >= 15 is 0 Å². The molecule has 0 heterocycles. The number of hydrogen-bond donors (Lipinski definition) is 3. The average molecular weight is 381 g/mol. The van der Waals surface area contributed by atoms with Crippen LogP contribution >= 0.6 is 0 Å². The minimum atomic E-state index is -0.197. The zero-order chi connectivity index (χ0) is 19.9. The van der Waals surface area contributed by atoms with Gasteiger partial charge in [0.1, 0.15) is 11.5 Å². The molecule has 1 aliphatic rings. The molecule has 0 bridgehead atoms. The molecule has 0 aliphatic heterocycles. The Labute approximate surface area is 165 Å². The number of carbonyl (C=O) groups is 2. The standard InChI is InChI=1S/C22H27N3O3/c1-15(2)16-3-9-19(10-4-16)28-20-11-7-18(8-12-20)25-22(27)14-23-13-21(26)24-17-5-6-17/h3-4,7-12,15,17,23H,5-6,13-14H2,1-2H3,(H,24,26)(H,25,27). The van der Waals surface area contributed by atoms with E-state index in [1.165, 1.54) is 5.56 Å². The van der Waals surface area contributed by atoms with Crippen LogP contribution in [-0.4, -0.2) is 30.9 Å². The van der Waals surface area contributed by atoms with Gasteiger partial charge in [0, 0.05) is 11.7 Å². The quantitative estimate of drug-likeness (QED) is 0.622. The van der Waals surface area contributed by atoms with Gasteiger partial charge in [-0.25, -0.2) is 0 Å². The first-order chi connectivity index (χ1) is 13.5. The van der Waals surface area contributed by atoms with Gasteiger partial charge >= 0.3 is 0 Å². The minimum Gasteiger partial charge on any atom is -0.457 e. The van der Waals surface area contributed by atoms with Crippen LogP contribution in [0.25, 0.3) is 0 Å². The number of anilines is 1. The second-order valence-electron chi connectivity index (χ2n) is 7.34. The van der Waals surface area contributed by atoms with Gasteiger partial charge in [-0.1, -0.05) is 26.0 Å². The van der Waals surface area contributed by atoms with Crippen LogP contribution in [-0.2, 0) is 9.59 Å². The summed E-state index contributed by atoms with van der Waals surface area (Å²) in [4.78, 5) is 23.5. The van der Waals surface area contributed by atoms with E-state index in [0.29, 0.717) is 23.4 Å². The van der Waals surface area contributed by atoms with E-state index in [4.69, 9.17) is 4.74 Å². The van der Waals surface area contributed by atoms with Gasteiger partial charge in [0.25, 0.3) is 0 Å². The Balaban J connectivity index is 1.41. The first kappa shape index (κ1) is 19.9. The average Bonchev–Trinajstić information content (AvgIpc) is 3.47. The molecule has 2 amide bonds. The van der Waals surface area contributed by atoms with Crippen molar-refractivity contribution in [1.82, 2.24) is 10.6 Å². The van der Waals surface area contributed by atoms with Crippen LogP contribution in [0.15, 0.2) is 48.5 Å². The van der Waals surface area contributed by atoms with Crippen molar-refractivity contribution >= 4 is 17.5 Å². The third-order valence-electron chi connectivity index (χ3n) is 4.43. The number of nitrogens with one attached hydrogen (secondary N) is 3. The highest BCUT2D eigenvalue weighted by atomic mass is 16.5. The lowest BCUT2D eigenvalue weighted by Gasteiger charge is -2.10. The highest BCUT2D eigenvalue weighted by Gasteiger charge is 2.22. The van der Waals surface area contributed by atoms with Crippen molar-refractivity contribution < 1.29 is 14.3 Å². The lowest BCUT2D eigenvalue weighted by Crippen LogP contribution is -2.38. The lowest BCUT2D eigenvalue weighted by molar-refractivity contribution is -0.120. The summed E-state index contributed by atoms with van der Waals surface area (Å²) in [5.74, 6) is 1.69. The summed E-state index contributed by atoms with van der Waals surface area (Å²) >= 11 is 0. The van der Waals surface area contributed by atoms with Crippen LogP contribution in [0.1, 0.15) is 38.2 Å². The Morgan fingerprint density at radius 3 is 2.07 bits per heavy atom. The molecule has 2 aromatic rings. The molecular weight excluding hydrogens is 354 g/mol. The number of carbonyl (C=O) groups excluding carboxylic acids is 2. The number of rotatable bonds is 9. The molecule has 0 atom stereocenters. The SMILES string of the molecule is CC(C)c1ccc(Oc2ccc(NC(=O)CNCC(=O)NC3CC3)cc2)cc1. The van der Waals surface area contributed by atoms with Gasteiger partial charge in [-0.05, 0) is 60.7 Å². The summed E-state index contributed by atoms with van der Waals surface area (Å²) in [6.07, 6.45) is 2.10. The predicted octanol–water partition coefficient (Wildman–Crippen LogP) is 3.41. The molecule has 0 spiro atoms. The molecule has 2 aromatic carbocycles. The normalized spacial score (nSPS) is 13.2. The Kier molecular flexibility index (Phi) is 6.66. The smallest absolute Gasteiger partial charge is 0.238 e. The van der Waals surface area contributed by atoms with Gasteiger partial charge in [-0.3, -0.25) is 14.9 Å². The highest BCUT2D eigenvalue weighted by Crippen LogP contribution is 2.25. The molecule has 6 nitrogen and oxygen atoms in total. The summed E-state index contributed by atoms with van der Waals surface area (Å²) in [6.45, 7) is 4.54. The summed E-state index contributed by atoms with van der Waals surface area (Å²) < 4.78 is 5.83. The lowest BCUT2D eigenvalue weighted by atomic mass is 10.0. The van der Waals surface area contributed by atoms with E-state index in [-0.39, 0.29) is 24.9 Å². The van der Waals surface area contributed by atoms with E-state index in [0.717, 1.165) is 18.6 Å². The Hall–Kier alpha value is -2.86. The van der Waals surface area contributed by atoms with Crippen molar-refractivity contribution in [2.75, 3.05) is 18.4 Å². The number of ether oxygens (including phenoxy) is 1. The summed E-state index contributed by atoms with van der Waals surface area (Å²) in [5.41, 5.74) is 1.95. The van der Waals surface area contributed by atoms with Crippen LogP contribution in [0.3, 0.4) is 0 Å². The van der Waals surface area contributed by atoms with E-state index in [2.05, 4.69) is 41.9 Å². The molecule has 3 rings (SSSR count). The van der Waals surface area contributed by atoms with Crippen LogP contribution < -0.4 is 20.7 Å². The van der Waals surface area contributed by atoms with Crippen molar-refractivity contribution in [2.24, 2.45) is 0 Å². The molecule has 1 aliphatic carbocycles. The Bertz CT molecular complexity index is 797. The largest absolute Gasteiger partial charge is 0.457 e. The number of amides is 2. The van der Waals surface area contributed by atoms with Gasteiger partial charge in [0.05, 0.1) is 13.1 Å². The maximum absolute atomic E-state index is 12.0. The van der Waals surface area contributed by atoms with Gasteiger partial charge in [0.15, 0.2) is 0 Å². The molecule has 28 heavy (non-hydrogen) atoms. The molecular formula is C22H27N3O3. The van der Waals surface area contributed by atoms with Crippen LogP contribution in [0.4, 0.5) is 5.69 Å². The maximum Gasteiger partial charge on any atom is 0.238 e. The first-order valence-corrected chi connectivity index (χ1v) is 9.67. The van der Waals surface area contributed by atoms with Gasteiger partial charge < -0.3 is 15.4 Å². The molecule has 0 unspecified atom stereocenters. The fourth-order valence-electron chi connectivity index (χ4n) is 2.66. The van der Waals surface area contributed by atoms with Gasteiger partial charge in [0.2, 0.25) is 11.8 Å². The molecule has 148 valence electrons. The third-order valence-corrected chi connectivity index (χ3v) is 4.43. The third kappa shape index (κ3) is 6.39. The van der Waals surface area contributed by atoms with Gasteiger partial charge in [-0.2, -0.15) is 0 Å². The predicted molar refractivity (Wildman–Crippen MR) is 110 cm³/mol. The highest BCUT2D eigenvalue weighted by molar-refractivity contribution is 5.92. The maximum atomic E-state index is 12.0. The molecule has 3 N–H and O–H groups in total. The number of benzene rings is 2. The van der Waals surface area contributed by atoms with E-state index < -0.39 is 0 Å². The van der Waals surface area contributed by atoms with E-state index in [9.17, 15) is 9.59 Å². The van der Waals surface area contributed by atoms with Crippen LogP contribution in [0, 0.1) is 0 Å². The summed E-state index contributed by atoms with van der Waals surface area (Å²) in [6, 6.07) is 15.6. The zero-order valence-electron chi connectivity index (χ0n) is 16.3. The first-order valence-electron chi connectivity index (χ1n) is 9.67. The molecule has 6 heteroatoms. The Morgan fingerprint density at radius 2 is 1.50 bits per heavy atom. The van der Waals surface area contributed by atoms with Crippen molar-refractivity contribution in [3.05, 3.63) is 54.1 Å². The molecule has 1 saturated carbocycles. The molecule has 1 fully saturated rings. The molecule has 0 aromatic heterocycles. The van der Waals surface area contributed by atoms with Crippen molar-refractivity contribution in [1.29, 1.82) is 0 Å². The van der Waals surface area contributed by atoms with Crippen LogP contribution in [0.5, 0.6) is 11.5 Å². The van der Waals surface area contributed by atoms with E-state index in [1.54, 1.807) is 12.1 Å². The Morgan fingerprint density at radius 1 is 0.929 bits per heavy atom.